The third kappa shape index (κ3) is 4.26. The molecule has 8 aromatic carbocycles. The summed E-state index contributed by atoms with van der Waals surface area (Å²) in [5.41, 5.74) is 10.7. The van der Waals surface area contributed by atoms with Gasteiger partial charge in [0.1, 0.15) is 0 Å². The molecule has 9 rings (SSSR count). The van der Waals surface area contributed by atoms with E-state index in [4.69, 9.17) is 0 Å². The monoisotopic (exact) mass is 596 g/mol. The molecule has 2 heteroatoms. The van der Waals surface area contributed by atoms with Crippen LogP contribution in [-0.2, 0) is 0 Å². The summed E-state index contributed by atoms with van der Waals surface area (Å²) in [7, 11) is 0. The molecule has 0 amide bonds. The van der Waals surface area contributed by atoms with Crippen molar-refractivity contribution in [1.29, 1.82) is 5.26 Å². The second-order valence-electron chi connectivity index (χ2n) is 12.0. The number of hydrogen-bond donors (Lipinski definition) is 0. The molecule has 1 aromatic heterocycles. The van der Waals surface area contributed by atoms with Crippen molar-refractivity contribution in [2.45, 2.75) is 0 Å². The van der Waals surface area contributed by atoms with E-state index in [2.05, 4.69) is 174 Å². The lowest BCUT2D eigenvalue weighted by molar-refractivity contribution is 1.18. The maximum atomic E-state index is 10.3. The number of benzene rings is 8. The standard InChI is InChI=1S/C45H28N2/c46-29-33-26-25-32(45-39-21-6-4-19-37(39)44(30-13-2-1-3-14-30)38-20-5-7-22-40(38)45)28-41(33)31-15-12-16-34(27-31)47-42-23-10-8-17-35(42)36-18-9-11-24-43(36)47/h1-28H. The van der Waals surface area contributed by atoms with Gasteiger partial charge in [-0.25, -0.2) is 0 Å². The van der Waals surface area contributed by atoms with Gasteiger partial charge in [-0.2, -0.15) is 5.26 Å². The van der Waals surface area contributed by atoms with Crippen LogP contribution in [0.1, 0.15) is 5.56 Å². The predicted octanol–water partition coefficient (Wildman–Crippen LogP) is 12.0. The van der Waals surface area contributed by atoms with Gasteiger partial charge in [0, 0.05) is 22.0 Å². The Kier molecular flexibility index (Phi) is 6.23. The van der Waals surface area contributed by atoms with Crippen molar-refractivity contribution < 1.29 is 0 Å². The number of rotatable bonds is 4. The molecule has 218 valence electrons. The molecule has 0 aliphatic carbocycles. The Morgan fingerprint density at radius 2 is 0.872 bits per heavy atom. The molecular weight excluding hydrogens is 569 g/mol. The molecule has 0 saturated heterocycles. The van der Waals surface area contributed by atoms with Crippen molar-refractivity contribution in [2.75, 3.05) is 0 Å². The van der Waals surface area contributed by atoms with Crippen molar-refractivity contribution in [3.63, 3.8) is 0 Å². The van der Waals surface area contributed by atoms with E-state index in [-0.39, 0.29) is 0 Å². The molecule has 0 unspecified atom stereocenters. The van der Waals surface area contributed by atoms with Crippen LogP contribution in [0.15, 0.2) is 170 Å². The highest BCUT2D eigenvalue weighted by Gasteiger charge is 2.18. The average molecular weight is 597 g/mol. The largest absolute Gasteiger partial charge is 0.309 e. The van der Waals surface area contributed by atoms with E-state index in [0.717, 1.165) is 33.4 Å². The van der Waals surface area contributed by atoms with Crippen molar-refractivity contribution in [2.24, 2.45) is 0 Å². The van der Waals surface area contributed by atoms with E-state index < -0.39 is 0 Å². The zero-order chi connectivity index (χ0) is 31.3. The van der Waals surface area contributed by atoms with Crippen LogP contribution in [0, 0.1) is 11.3 Å². The normalized spacial score (nSPS) is 11.4. The molecule has 0 aliphatic rings. The number of nitrogens with zero attached hydrogens (tertiary/aromatic N) is 2. The summed E-state index contributed by atoms with van der Waals surface area (Å²) < 4.78 is 2.33. The lowest BCUT2D eigenvalue weighted by atomic mass is 9.85. The molecule has 0 N–H and O–H groups in total. The van der Waals surface area contributed by atoms with Gasteiger partial charge in [0.2, 0.25) is 0 Å². The topological polar surface area (TPSA) is 28.7 Å². The fourth-order valence-corrected chi connectivity index (χ4v) is 7.40. The van der Waals surface area contributed by atoms with Gasteiger partial charge in [0.15, 0.2) is 0 Å². The fraction of sp³-hybridized carbons (Fsp3) is 0. The minimum Gasteiger partial charge on any atom is -0.309 e. The lowest BCUT2D eigenvalue weighted by Gasteiger charge is -2.18. The maximum absolute atomic E-state index is 10.3. The van der Waals surface area contributed by atoms with Crippen LogP contribution < -0.4 is 0 Å². The quantitative estimate of drug-likeness (QED) is 0.186. The molecular formula is C45H28N2. The van der Waals surface area contributed by atoms with Crippen molar-refractivity contribution in [1.82, 2.24) is 4.57 Å². The first-order valence-electron chi connectivity index (χ1n) is 15.9. The van der Waals surface area contributed by atoms with Crippen LogP contribution in [0.5, 0.6) is 0 Å². The van der Waals surface area contributed by atoms with Crippen LogP contribution >= 0.6 is 0 Å². The van der Waals surface area contributed by atoms with Gasteiger partial charge in [-0.05, 0) is 85.8 Å². The molecule has 0 radical (unpaired) electrons. The summed E-state index contributed by atoms with van der Waals surface area (Å²) in [6, 6.07) is 62.5. The van der Waals surface area contributed by atoms with E-state index >= 15 is 0 Å². The van der Waals surface area contributed by atoms with Crippen molar-refractivity contribution >= 4 is 43.4 Å². The van der Waals surface area contributed by atoms with E-state index in [1.165, 1.54) is 49.0 Å². The Morgan fingerprint density at radius 3 is 1.45 bits per heavy atom. The third-order valence-electron chi connectivity index (χ3n) is 9.42. The summed E-state index contributed by atoms with van der Waals surface area (Å²) >= 11 is 0. The minimum absolute atomic E-state index is 0.655. The number of aromatic nitrogens is 1. The van der Waals surface area contributed by atoms with Gasteiger partial charge in [-0.15, -0.1) is 0 Å². The van der Waals surface area contributed by atoms with Gasteiger partial charge < -0.3 is 4.57 Å². The van der Waals surface area contributed by atoms with Gasteiger partial charge in [-0.3, -0.25) is 0 Å². The molecule has 47 heavy (non-hydrogen) atoms. The van der Waals surface area contributed by atoms with Gasteiger partial charge in [-0.1, -0.05) is 133 Å². The molecule has 0 atom stereocenters. The molecule has 0 saturated carbocycles. The highest BCUT2D eigenvalue weighted by atomic mass is 15.0. The zero-order valence-corrected chi connectivity index (χ0v) is 25.6. The second kappa shape index (κ2) is 10.9. The predicted molar refractivity (Wildman–Crippen MR) is 197 cm³/mol. The molecule has 9 aromatic rings. The summed E-state index contributed by atoms with van der Waals surface area (Å²) in [6.45, 7) is 0. The summed E-state index contributed by atoms with van der Waals surface area (Å²) in [6.07, 6.45) is 0. The van der Waals surface area contributed by atoms with Crippen molar-refractivity contribution in [3.8, 4) is 45.1 Å². The minimum atomic E-state index is 0.655. The van der Waals surface area contributed by atoms with Crippen LogP contribution in [0.25, 0.3) is 82.4 Å². The van der Waals surface area contributed by atoms with Crippen LogP contribution in [0.4, 0.5) is 0 Å². The smallest absolute Gasteiger partial charge is 0.0998 e. The van der Waals surface area contributed by atoms with Gasteiger partial charge >= 0.3 is 0 Å². The van der Waals surface area contributed by atoms with E-state index in [9.17, 15) is 5.26 Å². The Labute approximate surface area is 273 Å². The maximum Gasteiger partial charge on any atom is 0.0998 e. The number of hydrogen-bond acceptors (Lipinski definition) is 1. The Bertz CT molecular complexity index is 2580. The first-order chi connectivity index (χ1) is 23.3. The second-order valence-corrected chi connectivity index (χ2v) is 12.0. The SMILES string of the molecule is N#Cc1ccc(-c2c3ccccc3c(-c3ccccc3)c3ccccc23)cc1-c1cccc(-n2c3ccccc3c3ccccc32)c1. The average Bonchev–Trinajstić information content (AvgIpc) is 3.48. The molecule has 0 aliphatic heterocycles. The van der Waals surface area contributed by atoms with E-state index in [1.54, 1.807) is 0 Å². The number of fused-ring (bicyclic) bond motifs is 5. The van der Waals surface area contributed by atoms with E-state index in [0.29, 0.717) is 5.56 Å². The highest BCUT2D eigenvalue weighted by molar-refractivity contribution is 6.21. The Hall–Kier alpha value is -6.43. The molecule has 0 spiro atoms. The zero-order valence-electron chi connectivity index (χ0n) is 25.6. The lowest BCUT2D eigenvalue weighted by Crippen LogP contribution is -1.95. The van der Waals surface area contributed by atoms with E-state index in [1.807, 2.05) is 6.07 Å². The summed E-state index contributed by atoms with van der Waals surface area (Å²) in [5, 5.41) is 17.6. The van der Waals surface area contributed by atoms with Gasteiger partial charge in [0.25, 0.3) is 0 Å². The van der Waals surface area contributed by atoms with Crippen LogP contribution in [0.3, 0.4) is 0 Å². The Morgan fingerprint density at radius 1 is 0.383 bits per heavy atom. The number of nitriles is 1. The molecule has 0 bridgehead atoms. The van der Waals surface area contributed by atoms with Crippen LogP contribution in [0.2, 0.25) is 0 Å². The molecule has 0 fully saturated rings. The first-order valence-corrected chi connectivity index (χ1v) is 15.9. The highest BCUT2D eigenvalue weighted by Crippen LogP contribution is 2.44. The molecule has 2 nitrogen and oxygen atoms in total. The van der Waals surface area contributed by atoms with Crippen molar-refractivity contribution in [3.05, 3.63) is 175 Å². The van der Waals surface area contributed by atoms with Gasteiger partial charge in [0.05, 0.1) is 22.7 Å². The molecule has 1 heterocycles. The third-order valence-corrected chi connectivity index (χ3v) is 9.42. The summed E-state index contributed by atoms with van der Waals surface area (Å²) in [5.74, 6) is 0. The number of para-hydroxylation sites is 2. The first kappa shape index (κ1) is 26.9. The fourth-order valence-electron chi connectivity index (χ4n) is 7.40. The summed E-state index contributed by atoms with van der Waals surface area (Å²) in [4.78, 5) is 0. The van der Waals surface area contributed by atoms with Crippen LogP contribution in [-0.4, -0.2) is 4.57 Å². The Balaban J connectivity index is 1.28.